The molecule has 0 fully saturated rings. The number of aromatic nitrogens is 1. The highest BCUT2D eigenvalue weighted by atomic mass is 35.5. The van der Waals surface area contributed by atoms with Crippen LogP contribution in [0.1, 0.15) is 12.0 Å². The summed E-state index contributed by atoms with van der Waals surface area (Å²) in [7, 11) is -3.57. The fourth-order valence-electron chi connectivity index (χ4n) is 2.27. The molecule has 0 saturated heterocycles. The third-order valence-electron chi connectivity index (χ3n) is 3.62. The Morgan fingerprint density at radius 3 is 2.58 bits per heavy atom. The van der Waals surface area contributed by atoms with Gasteiger partial charge in [-0.25, -0.2) is 13.1 Å². The molecule has 0 spiro atoms. The van der Waals surface area contributed by atoms with Gasteiger partial charge in [0.25, 0.3) is 0 Å². The lowest BCUT2D eigenvalue weighted by Crippen LogP contribution is -2.25. The minimum atomic E-state index is -3.57. The van der Waals surface area contributed by atoms with Gasteiger partial charge in [0.2, 0.25) is 10.0 Å². The monoisotopic (exact) mass is 392 g/mol. The fraction of sp³-hybridized carbons (Fsp3) is 0.167. The summed E-state index contributed by atoms with van der Waals surface area (Å²) in [5.74, 6) is 1.01. The van der Waals surface area contributed by atoms with E-state index in [9.17, 15) is 8.42 Å². The first-order valence-corrected chi connectivity index (χ1v) is 9.81. The molecule has 0 aliphatic carbocycles. The second-order valence-electron chi connectivity index (χ2n) is 5.54. The van der Waals surface area contributed by atoms with Gasteiger partial charge in [-0.15, -0.1) is 0 Å². The van der Waals surface area contributed by atoms with E-state index in [1.165, 1.54) is 12.1 Å². The Morgan fingerprint density at radius 2 is 1.88 bits per heavy atom. The van der Waals surface area contributed by atoms with Gasteiger partial charge >= 0.3 is 0 Å². The van der Waals surface area contributed by atoms with Crippen LogP contribution in [0.3, 0.4) is 0 Å². The standard InChI is InChI=1S/C18H17ClN2O4S/c19-17-5-1-2-6-18(17)25-15-7-9-16(10-8-15)26(22,23)21-11-3-4-14-12-20-24-13-14/h1-2,5-10,12-13,21H,3-4,11H2. The fourth-order valence-corrected chi connectivity index (χ4v) is 3.52. The van der Waals surface area contributed by atoms with Crippen LogP contribution in [0.2, 0.25) is 5.02 Å². The van der Waals surface area contributed by atoms with Crippen molar-refractivity contribution in [3.63, 3.8) is 0 Å². The van der Waals surface area contributed by atoms with Crippen LogP contribution >= 0.6 is 11.6 Å². The van der Waals surface area contributed by atoms with Crippen LogP contribution in [-0.2, 0) is 16.4 Å². The normalized spacial score (nSPS) is 11.4. The van der Waals surface area contributed by atoms with Crippen molar-refractivity contribution in [2.75, 3.05) is 6.54 Å². The molecule has 0 radical (unpaired) electrons. The first kappa shape index (κ1) is 18.4. The Bertz CT molecular complexity index is 942. The van der Waals surface area contributed by atoms with Crippen molar-refractivity contribution >= 4 is 21.6 Å². The molecule has 3 rings (SSSR count). The molecule has 6 nitrogen and oxygen atoms in total. The van der Waals surface area contributed by atoms with E-state index >= 15 is 0 Å². The molecule has 136 valence electrons. The maximum absolute atomic E-state index is 12.3. The Kier molecular flexibility index (Phi) is 5.92. The SMILES string of the molecule is O=S(=O)(NCCCc1cnoc1)c1ccc(Oc2ccccc2Cl)cc1. The van der Waals surface area contributed by atoms with E-state index in [2.05, 4.69) is 9.88 Å². The third kappa shape index (κ3) is 4.85. The van der Waals surface area contributed by atoms with Crippen molar-refractivity contribution in [2.45, 2.75) is 17.7 Å². The van der Waals surface area contributed by atoms with Crippen molar-refractivity contribution in [2.24, 2.45) is 0 Å². The zero-order chi connectivity index (χ0) is 18.4. The van der Waals surface area contributed by atoms with E-state index in [0.717, 1.165) is 5.56 Å². The van der Waals surface area contributed by atoms with Crippen LogP contribution in [0, 0.1) is 0 Å². The van der Waals surface area contributed by atoms with E-state index in [1.54, 1.807) is 42.8 Å². The van der Waals surface area contributed by atoms with Gasteiger partial charge in [-0.1, -0.05) is 28.9 Å². The molecular formula is C18H17ClN2O4S. The summed E-state index contributed by atoms with van der Waals surface area (Å²) in [6.07, 6.45) is 4.50. The van der Waals surface area contributed by atoms with Crippen LogP contribution < -0.4 is 9.46 Å². The lowest BCUT2D eigenvalue weighted by molar-refractivity contribution is 0.418. The van der Waals surface area contributed by atoms with E-state index in [0.29, 0.717) is 35.9 Å². The molecule has 0 unspecified atom stereocenters. The van der Waals surface area contributed by atoms with Crippen molar-refractivity contribution in [1.82, 2.24) is 9.88 Å². The first-order chi connectivity index (χ1) is 12.5. The predicted molar refractivity (Wildman–Crippen MR) is 98.0 cm³/mol. The van der Waals surface area contributed by atoms with Gasteiger partial charge in [-0.3, -0.25) is 0 Å². The molecule has 3 aromatic rings. The number of hydrogen-bond acceptors (Lipinski definition) is 5. The maximum atomic E-state index is 12.3. The van der Waals surface area contributed by atoms with Crippen LogP contribution in [0.5, 0.6) is 11.5 Å². The molecule has 0 amide bonds. The Labute approximate surface area is 156 Å². The average molecular weight is 393 g/mol. The molecule has 0 saturated carbocycles. The highest BCUT2D eigenvalue weighted by Gasteiger charge is 2.13. The first-order valence-electron chi connectivity index (χ1n) is 7.95. The molecule has 1 N–H and O–H groups in total. The number of benzene rings is 2. The van der Waals surface area contributed by atoms with Crippen molar-refractivity contribution in [3.05, 3.63) is 71.6 Å². The van der Waals surface area contributed by atoms with Gasteiger partial charge in [-0.2, -0.15) is 0 Å². The number of aryl methyl sites for hydroxylation is 1. The van der Waals surface area contributed by atoms with Gasteiger partial charge < -0.3 is 9.26 Å². The van der Waals surface area contributed by atoms with Gasteiger partial charge in [0.05, 0.1) is 16.1 Å². The summed E-state index contributed by atoms with van der Waals surface area (Å²) in [4.78, 5) is 0.175. The summed E-state index contributed by atoms with van der Waals surface area (Å²) >= 11 is 6.05. The number of nitrogens with zero attached hydrogens (tertiary/aromatic N) is 1. The largest absolute Gasteiger partial charge is 0.456 e. The lowest BCUT2D eigenvalue weighted by atomic mass is 10.2. The molecule has 0 bridgehead atoms. The highest BCUT2D eigenvalue weighted by Crippen LogP contribution is 2.29. The minimum absolute atomic E-state index is 0.175. The van der Waals surface area contributed by atoms with E-state index in [1.807, 2.05) is 6.07 Å². The second kappa shape index (κ2) is 8.35. The Morgan fingerprint density at radius 1 is 1.12 bits per heavy atom. The summed E-state index contributed by atoms with van der Waals surface area (Å²) in [5.41, 5.74) is 0.935. The van der Waals surface area contributed by atoms with E-state index in [4.69, 9.17) is 20.9 Å². The molecular weight excluding hydrogens is 376 g/mol. The molecule has 1 aromatic heterocycles. The number of rotatable bonds is 8. The van der Waals surface area contributed by atoms with Crippen LogP contribution in [0.4, 0.5) is 0 Å². The minimum Gasteiger partial charge on any atom is -0.456 e. The maximum Gasteiger partial charge on any atom is 0.240 e. The molecule has 0 atom stereocenters. The van der Waals surface area contributed by atoms with Crippen molar-refractivity contribution < 1.29 is 17.7 Å². The average Bonchev–Trinajstić information content (AvgIpc) is 3.15. The summed E-state index contributed by atoms with van der Waals surface area (Å²) in [6, 6.07) is 13.2. The number of sulfonamides is 1. The van der Waals surface area contributed by atoms with Gasteiger partial charge in [0.15, 0.2) is 0 Å². The highest BCUT2D eigenvalue weighted by molar-refractivity contribution is 7.89. The predicted octanol–water partition coefficient (Wildman–Crippen LogP) is 4.03. The molecule has 0 aliphatic heterocycles. The number of ether oxygens (including phenoxy) is 1. The zero-order valence-electron chi connectivity index (χ0n) is 13.8. The Hall–Kier alpha value is -2.35. The quantitative estimate of drug-likeness (QED) is 0.585. The van der Waals surface area contributed by atoms with Crippen molar-refractivity contribution in [3.8, 4) is 11.5 Å². The topological polar surface area (TPSA) is 81.4 Å². The van der Waals surface area contributed by atoms with Crippen LogP contribution in [0.15, 0.2) is 70.4 Å². The van der Waals surface area contributed by atoms with Gasteiger partial charge in [0, 0.05) is 12.1 Å². The third-order valence-corrected chi connectivity index (χ3v) is 5.41. The Balaban J connectivity index is 1.57. The van der Waals surface area contributed by atoms with Gasteiger partial charge in [-0.05, 0) is 49.2 Å². The molecule has 2 aromatic carbocycles. The number of halogens is 1. The number of para-hydroxylation sites is 1. The molecule has 8 heteroatoms. The molecule has 0 aliphatic rings. The zero-order valence-corrected chi connectivity index (χ0v) is 15.3. The number of nitrogens with one attached hydrogen (secondary N) is 1. The van der Waals surface area contributed by atoms with Crippen LogP contribution in [-0.4, -0.2) is 20.1 Å². The number of hydrogen-bond donors (Lipinski definition) is 1. The smallest absolute Gasteiger partial charge is 0.240 e. The summed E-state index contributed by atoms with van der Waals surface area (Å²) < 4.78 is 37.6. The summed E-state index contributed by atoms with van der Waals surface area (Å²) in [5, 5.41) is 4.09. The van der Waals surface area contributed by atoms with Gasteiger partial charge in [0.1, 0.15) is 17.8 Å². The lowest BCUT2D eigenvalue weighted by Gasteiger charge is -2.09. The summed E-state index contributed by atoms with van der Waals surface area (Å²) in [6.45, 7) is 0.325. The van der Waals surface area contributed by atoms with E-state index < -0.39 is 10.0 Å². The second-order valence-corrected chi connectivity index (χ2v) is 7.71. The molecule has 26 heavy (non-hydrogen) atoms. The van der Waals surface area contributed by atoms with Crippen molar-refractivity contribution in [1.29, 1.82) is 0 Å². The molecule has 1 heterocycles. The van der Waals surface area contributed by atoms with Crippen LogP contribution in [0.25, 0.3) is 0 Å². The van der Waals surface area contributed by atoms with E-state index in [-0.39, 0.29) is 4.90 Å².